The fourth-order valence-electron chi connectivity index (χ4n) is 6.14. The molecule has 2 fully saturated rings. The number of hydrogen-bond acceptors (Lipinski definition) is 8. The molecule has 2 heterocycles. The first-order valence-electron chi connectivity index (χ1n) is 15.1. The Bertz CT molecular complexity index is 1490. The number of halogens is 3. The highest BCUT2D eigenvalue weighted by Gasteiger charge is 2.64. The number of carbonyl (C=O) groups is 1. The lowest BCUT2D eigenvalue weighted by Gasteiger charge is -2.47. The molecule has 2 aliphatic carbocycles. The number of amides is 1. The summed E-state index contributed by atoms with van der Waals surface area (Å²) in [5.41, 5.74) is 2.28. The van der Waals surface area contributed by atoms with Gasteiger partial charge in [-0.25, -0.2) is 4.98 Å². The lowest BCUT2D eigenvalue weighted by Crippen LogP contribution is -2.59. The molecule has 1 amide bonds. The predicted octanol–water partition coefficient (Wildman–Crippen LogP) is 6.83. The van der Waals surface area contributed by atoms with Crippen LogP contribution < -0.4 is 14.8 Å². The van der Waals surface area contributed by atoms with E-state index in [0.717, 1.165) is 21.6 Å². The average Bonchev–Trinajstić information content (AvgIpc) is 3.77. The number of anilines is 1. The van der Waals surface area contributed by atoms with Crippen LogP contribution in [0.2, 0.25) is 0 Å². The minimum absolute atomic E-state index is 0.0588. The number of nitrogens with one attached hydrogen (secondary N) is 2. The zero-order valence-electron chi connectivity index (χ0n) is 26.2. The standard InChI is InChI=1S/C31H34F3N5O2S.C2H6O/c1-18-6-4-7-19(2)27(18)25-15-26-37-29(36-25)38-42-24-9-5-8-20(12-24)28(40)39(22-13-21(14-22)35-3)23(17-41-26)16-30(10-11-30)31(32,33)34;1-3-2/h4-9,12,15,21-23,35H,10-11,13-14,16-17H2,1-3H3,(H,36,37,38);1-2H3. The summed E-state index contributed by atoms with van der Waals surface area (Å²) < 4.78 is 56.5. The van der Waals surface area contributed by atoms with Gasteiger partial charge in [0.1, 0.15) is 6.61 Å². The molecule has 3 aliphatic rings. The van der Waals surface area contributed by atoms with Gasteiger partial charge in [-0.05, 0) is 94.3 Å². The number of aryl methyl sites for hydroxylation is 2. The van der Waals surface area contributed by atoms with Gasteiger partial charge in [-0.15, -0.1) is 0 Å². The van der Waals surface area contributed by atoms with Crippen molar-refractivity contribution in [2.45, 2.75) is 75.1 Å². The Kier molecular flexibility index (Phi) is 9.95. The maximum atomic E-state index is 14.3. The molecule has 0 saturated heterocycles. The van der Waals surface area contributed by atoms with E-state index in [2.05, 4.69) is 19.8 Å². The average molecular weight is 644 g/mol. The third-order valence-electron chi connectivity index (χ3n) is 8.83. The third kappa shape index (κ3) is 7.23. The van der Waals surface area contributed by atoms with E-state index >= 15 is 0 Å². The van der Waals surface area contributed by atoms with Crippen LogP contribution in [0.5, 0.6) is 5.88 Å². The second-order valence-corrected chi connectivity index (χ2v) is 13.0. The largest absolute Gasteiger partial charge is 0.475 e. The highest BCUT2D eigenvalue weighted by molar-refractivity contribution is 8.00. The van der Waals surface area contributed by atoms with Gasteiger partial charge in [0.2, 0.25) is 11.8 Å². The van der Waals surface area contributed by atoms with Gasteiger partial charge in [0.05, 0.1) is 17.2 Å². The van der Waals surface area contributed by atoms with Crippen molar-refractivity contribution < 1.29 is 27.4 Å². The van der Waals surface area contributed by atoms with E-state index in [-0.39, 0.29) is 49.7 Å². The topological polar surface area (TPSA) is 88.6 Å². The van der Waals surface area contributed by atoms with Gasteiger partial charge >= 0.3 is 6.18 Å². The van der Waals surface area contributed by atoms with Gasteiger partial charge in [0.25, 0.3) is 5.91 Å². The Hall–Kier alpha value is -3.35. The molecule has 0 radical (unpaired) electrons. The molecule has 3 aromatic rings. The van der Waals surface area contributed by atoms with E-state index in [9.17, 15) is 18.0 Å². The van der Waals surface area contributed by atoms with Gasteiger partial charge in [-0.1, -0.05) is 24.3 Å². The number of rotatable bonds is 5. The van der Waals surface area contributed by atoms with Gasteiger partial charge < -0.3 is 19.7 Å². The lowest BCUT2D eigenvalue weighted by atomic mass is 9.83. The zero-order valence-corrected chi connectivity index (χ0v) is 27.0. The monoisotopic (exact) mass is 643 g/mol. The Morgan fingerprint density at radius 3 is 2.38 bits per heavy atom. The van der Waals surface area contributed by atoms with Gasteiger partial charge in [-0.2, -0.15) is 18.2 Å². The summed E-state index contributed by atoms with van der Waals surface area (Å²) >= 11 is 1.26. The van der Waals surface area contributed by atoms with E-state index < -0.39 is 17.6 Å². The highest BCUT2D eigenvalue weighted by atomic mass is 32.2. The summed E-state index contributed by atoms with van der Waals surface area (Å²) in [6.07, 6.45) is -3.11. The summed E-state index contributed by atoms with van der Waals surface area (Å²) in [5.74, 6) is 0.272. The summed E-state index contributed by atoms with van der Waals surface area (Å²) in [6.45, 7) is 3.90. The zero-order chi connectivity index (χ0) is 32.4. The number of aromatic nitrogens is 2. The number of benzene rings is 2. The summed E-state index contributed by atoms with van der Waals surface area (Å²) in [5, 5.41) is 3.22. The Balaban J connectivity index is 0.00000128. The van der Waals surface area contributed by atoms with E-state index in [0.29, 0.717) is 30.0 Å². The van der Waals surface area contributed by atoms with Crippen LogP contribution in [0.4, 0.5) is 19.1 Å². The van der Waals surface area contributed by atoms with Crippen LogP contribution in [0.15, 0.2) is 53.4 Å². The van der Waals surface area contributed by atoms with Crippen LogP contribution in [-0.2, 0) is 4.74 Å². The molecule has 45 heavy (non-hydrogen) atoms. The van der Waals surface area contributed by atoms with Gasteiger partial charge in [-0.3, -0.25) is 9.52 Å². The number of fused-ring (bicyclic) bond motifs is 4. The van der Waals surface area contributed by atoms with Crippen LogP contribution in [-0.4, -0.2) is 73.0 Å². The SMILES string of the molecule is CNC1CC(N2C(=O)c3cccc(c3)SNc3nc(cc(-c4c(C)cccc4C)n3)OCC2CC2(C(F)(F)F)CC2)C1.COC. The van der Waals surface area contributed by atoms with Crippen LogP contribution >= 0.6 is 11.9 Å². The quantitative estimate of drug-likeness (QED) is 0.293. The number of ether oxygens (including phenoxy) is 2. The fourth-order valence-corrected chi connectivity index (χ4v) is 6.78. The normalized spacial score (nSPS) is 22.3. The van der Waals surface area contributed by atoms with Gasteiger partial charge in [0.15, 0.2) is 0 Å². The first-order chi connectivity index (χ1) is 21.5. The maximum absolute atomic E-state index is 14.3. The minimum atomic E-state index is -4.35. The summed E-state index contributed by atoms with van der Waals surface area (Å²) in [4.78, 5) is 25.9. The van der Waals surface area contributed by atoms with Crippen molar-refractivity contribution in [2.75, 3.05) is 32.6 Å². The number of nitrogens with zero attached hydrogens (tertiary/aromatic N) is 3. The molecule has 1 unspecified atom stereocenters. The number of alkyl halides is 3. The lowest BCUT2D eigenvalue weighted by molar-refractivity contribution is -0.193. The summed E-state index contributed by atoms with van der Waals surface area (Å²) in [6, 6.07) is 14.1. The van der Waals surface area contributed by atoms with Crippen molar-refractivity contribution in [1.82, 2.24) is 20.2 Å². The Morgan fingerprint density at radius 2 is 1.76 bits per heavy atom. The third-order valence-corrected chi connectivity index (χ3v) is 9.60. The fraction of sp³-hybridized carbons (Fsp3) is 0.485. The molecule has 2 aromatic carbocycles. The molecule has 1 atom stereocenters. The molecule has 2 saturated carbocycles. The van der Waals surface area contributed by atoms with Gasteiger partial charge in [0, 0.05) is 48.4 Å². The number of carbonyl (C=O) groups excluding carboxylic acids is 1. The van der Waals surface area contributed by atoms with E-state index in [1.807, 2.05) is 45.2 Å². The van der Waals surface area contributed by atoms with Crippen molar-refractivity contribution in [2.24, 2.45) is 5.41 Å². The molecule has 1 aromatic heterocycles. The number of hydrogen-bond donors (Lipinski definition) is 2. The minimum Gasteiger partial charge on any atom is -0.475 e. The molecule has 0 spiro atoms. The molecule has 2 N–H and O–H groups in total. The summed E-state index contributed by atoms with van der Waals surface area (Å²) in [7, 11) is 5.11. The van der Waals surface area contributed by atoms with E-state index in [4.69, 9.17) is 9.72 Å². The van der Waals surface area contributed by atoms with E-state index in [1.165, 1.54) is 11.9 Å². The van der Waals surface area contributed by atoms with Crippen LogP contribution in [0.1, 0.15) is 53.6 Å². The second kappa shape index (κ2) is 13.6. The predicted molar refractivity (Wildman–Crippen MR) is 169 cm³/mol. The highest BCUT2D eigenvalue weighted by Crippen LogP contribution is 2.61. The number of methoxy groups -OCH3 is 1. The molecule has 8 nitrogen and oxygen atoms in total. The molecule has 4 bridgehead atoms. The molecule has 12 heteroatoms. The molecule has 6 rings (SSSR count). The van der Waals surface area contributed by atoms with Crippen molar-refractivity contribution in [3.8, 4) is 17.1 Å². The van der Waals surface area contributed by atoms with Crippen molar-refractivity contribution >= 4 is 23.8 Å². The molecule has 1 aliphatic heterocycles. The molecular weight excluding hydrogens is 603 g/mol. The van der Waals surface area contributed by atoms with Crippen molar-refractivity contribution in [3.05, 3.63) is 65.2 Å². The smallest absolute Gasteiger partial charge is 0.394 e. The van der Waals surface area contributed by atoms with Crippen LogP contribution in [0.3, 0.4) is 0 Å². The van der Waals surface area contributed by atoms with Crippen LogP contribution in [0.25, 0.3) is 11.3 Å². The van der Waals surface area contributed by atoms with Crippen molar-refractivity contribution in [3.63, 3.8) is 0 Å². The van der Waals surface area contributed by atoms with E-state index in [1.54, 1.807) is 43.4 Å². The van der Waals surface area contributed by atoms with Crippen molar-refractivity contribution in [1.29, 1.82) is 0 Å². The molecular formula is C33H40F3N5O3S. The van der Waals surface area contributed by atoms with Crippen LogP contribution in [0, 0.1) is 19.3 Å². The Morgan fingerprint density at radius 1 is 1.09 bits per heavy atom. The second-order valence-electron chi connectivity index (χ2n) is 12.1. The molecule has 242 valence electrons. The maximum Gasteiger partial charge on any atom is 0.394 e. The first-order valence-corrected chi connectivity index (χ1v) is 15.9. The first kappa shape index (κ1) is 33.0. The Labute approximate surface area is 266 Å².